The number of rotatable bonds is 5. The lowest BCUT2D eigenvalue weighted by molar-refractivity contribution is 0.0365. The molecule has 31 heavy (non-hydrogen) atoms. The van der Waals surface area contributed by atoms with Crippen LogP contribution in [0.4, 0.5) is 0 Å². The van der Waals surface area contributed by atoms with Crippen molar-refractivity contribution < 1.29 is 22.7 Å². The number of esters is 1. The lowest BCUT2D eigenvalue weighted by Gasteiger charge is -2.14. The van der Waals surface area contributed by atoms with Crippen LogP contribution in [-0.4, -0.2) is 37.2 Å². The largest absolute Gasteiger partial charge is 0.480 e. The van der Waals surface area contributed by atoms with Gasteiger partial charge in [0.15, 0.2) is 0 Å². The molecule has 0 aliphatic carbocycles. The predicted molar refractivity (Wildman–Crippen MR) is 115 cm³/mol. The summed E-state index contributed by atoms with van der Waals surface area (Å²) in [6, 6.07) is 13.4. The molecule has 1 aliphatic rings. The van der Waals surface area contributed by atoms with Gasteiger partial charge in [-0.3, -0.25) is 0 Å². The van der Waals surface area contributed by atoms with Crippen molar-refractivity contribution in [3.05, 3.63) is 59.8 Å². The predicted octanol–water partition coefficient (Wildman–Crippen LogP) is 3.90. The monoisotopic (exact) mass is 440 g/mol. The summed E-state index contributed by atoms with van der Waals surface area (Å²) in [5.41, 5.74) is 2.62. The van der Waals surface area contributed by atoms with Crippen LogP contribution in [-0.2, 0) is 27.5 Å². The van der Waals surface area contributed by atoms with Gasteiger partial charge < -0.3 is 14.0 Å². The summed E-state index contributed by atoms with van der Waals surface area (Å²) in [5.74, 6) is -0.358. The number of carbonyl (C=O) groups excluding carboxylic acids is 1. The quantitative estimate of drug-likeness (QED) is 0.559. The first-order valence-electron chi connectivity index (χ1n) is 10.1. The number of methoxy groups -OCH3 is 1. The number of hydrogen-bond acceptors (Lipinski definition) is 6. The van der Waals surface area contributed by atoms with Gasteiger partial charge in [0.05, 0.1) is 29.5 Å². The molecule has 0 amide bonds. The van der Waals surface area contributed by atoms with Gasteiger partial charge in [0, 0.05) is 6.54 Å². The van der Waals surface area contributed by atoms with Crippen LogP contribution in [0.3, 0.4) is 0 Å². The van der Waals surface area contributed by atoms with E-state index in [4.69, 9.17) is 9.47 Å². The van der Waals surface area contributed by atoms with Crippen LogP contribution in [0.5, 0.6) is 5.88 Å². The molecule has 4 rings (SSSR count). The molecule has 0 atom stereocenters. The van der Waals surface area contributed by atoms with Gasteiger partial charge in [0.25, 0.3) is 0 Å². The molecule has 0 radical (unpaired) electrons. The van der Waals surface area contributed by atoms with E-state index < -0.39 is 9.84 Å². The molecule has 0 spiro atoms. The fraction of sp³-hybridized carbons (Fsp3) is 0.304. The highest BCUT2D eigenvalue weighted by molar-refractivity contribution is 7.91. The standard InChI is InChI=1S/C23H24N2O5S/c1-15(2)30-23(26)19-12-11-18-21-16(8-7-13-25(18)19)14-20(22(24-21)29-3)31(27,28)17-9-5-4-6-10-17/h4-6,9-12,14-15H,7-8,13H2,1-3H3. The summed E-state index contributed by atoms with van der Waals surface area (Å²) in [5, 5.41) is 0. The smallest absolute Gasteiger partial charge is 0.355 e. The van der Waals surface area contributed by atoms with Crippen molar-refractivity contribution in [1.82, 2.24) is 9.55 Å². The number of pyridine rings is 1. The van der Waals surface area contributed by atoms with Crippen molar-refractivity contribution in [1.29, 1.82) is 0 Å². The van der Waals surface area contributed by atoms with Crippen molar-refractivity contribution in [3.63, 3.8) is 0 Å². The summed E-state index contributed by atoms with van der Waals surface area (Å²) in [6.07, 6.45) is 1.14. The Morgan fingerprint density at radius 3 is 2.55 bits per heavy atom. The van der Waals surface area contributed by atoms with Crippen LogP contribution >= 0.6 is 0 Å². The molecule has 162 valence electrons. The molecule has 7 nitrogen and oxygen atoms in total. The third-order valence-corrected chi connectivity index (χ3v) is 6.94. The van der Waals surface area contributed by atoms with Crippen LogP contribution in [0, 0.1) is 0 Å². The molecule has 3 aromatic rings. The van der Waals surface area contributed by atoms with E-state index in [1.165, 1.54) is 7.11 Å². The molecule has 1 aromatic carbocycles. The molecule has 3 heterocycles. The van der Waals surface area contributed by atoms with E-state index in [9.17, 15) is 13.2 Å². The first-order chi connectivity index (χ1) is 14.8. The van der Waals surface area contributed by atoms with Crippen LogP contribution in [0.25, 0.3) is 11.4 Å². The van der Waals surface area contributed by atoms with E-state index in [0.29, 0.717) is 24.4 Å². The number of benzene rings is 1. The number of aryl methyl sites for hydroxylation is 1. The normalized spacial score (nSPS) is 13.3. The fourth-order valence-electron chi connectivity index (χ4n) is 3.79. The second-order valence-electron chi connectivity index (χ2n) is 7.63. The topological polar surface area (TPSA) is 87.5 Å². The first kappa shape index (κ1) is 21.1. The maximum absolute atomic E-state index is 13.2. The molecule has 0 saturated carbocycles. The highest BCUT2D eigenvalue weighted by atomic mass is 32.2. The minimum absolute atomic E-state index is 0.0311. The van der Waals surface area contributed by atoms with Crippen molar-refractivity contribution in [2.24, 2.45) is 0 Å². The minimum atomic E-state index is -3.79. The maximum atomic E-state index is 13.2. The number of fused-ring (bicyclic) bond motifs is 3. The van der Waals surface area contributed by atoms with E-state index in [0.717, 1.165) is 17.7 Å². The Bertz CT molecular complexity index is 1230. The van der Waals surface area contributed by atoms with Crippen LogP contribution in [0.15, 0.2) is 58.3 Å². The Hall–Kier alpha value is -3.13. The Morgan fingerprint density at radius 1 is 1.13 bits per heavy atom. The summed E-state index contributed by atoms with van der Waals surface area (Å²) in [4.78, 5) is 17.3. The Kier molecular flexibility index (Phi) is 5.58. The number of ether oxygens (including phenoxy) is 2. The SMILES string of the molecule is COc1nc2c(cc1S(=O)(=O)c1ccccc1)CCCn1c(C(=O)OC(C)C)ccc1-2. The third kappa shape index (κ3) is 3.83. The zero-order chi connectivity index (χ0) is 22.2. The minimum Gasteiger partial charge on any atom is -0.480 e. The first-order valence-corrected chi connectivity index (χ1v) is 11.6. The Labute approximate surface area is 181 Å². The van der Waals surface area contributed by atoms with Gasteiger partial charge in [-0.2, -0.15) is 0 Å². The molecule has 8 heteroatoms. The molecule has 2 aromatic heterocycles. The zero-order valence-electron chi connectivity index (χ0n) is 17.7. The van der Waals surface area contributed by atoms with Gasteiger partial charge in [-0.25, -0.2) is 18.2 Å². The number of carbonyl (C=O) groups is 1. The van der Waals surface area contributed by atoms with Crippen LogP contribution in [0.2, 0.25) is 0 Å². The lowest BCUT2D eigenvalue weighted by Crippen LogP contribution is -2.16. The van der Waals surface area contributed by atoms with Crippen molar-refractivity contribution >= 4 is 15.8 Å². The molecular weight excluding hydrogens is 416 g/mol. The number of hydrogen-bond donors (Lipinski definition) is 0. The number of sulfone groups is 1. The average molecular weight is 441 g/mol. The Balaban J connectivity index is 1.85. The molecule has 0 unspecified atom stereocenters. The van der Waals surface area contributed by atoms with Crippen molar-refractivity contribution in [3.8, 4) is 17.3 Å². The van der Waals surface area contributed by atoms with Gasteiger partial charge in [-0.05, 0) is 62.6 Å². The van der Waals surface area contributed by atoms with Gasteiger partial charge in [-0.1, -0.05) is 18.2 Å². The van der Waals surface area contributed by atoms with Gasteiger partial charge in [0.1, 0.15) is 10.6 Å². The molecule has 0 fully saturated rings. The number of aromatic nitrogens is 2. The third-order valence-electron chi connectivity index (χ3n) is 5.17. The molecule has 0 saturated heterocycles. The molecular formula is C23H24N2O5S. The maximum Gasteiger partial charge on any atom is 0.355 e. The van der Waals surface area contributed by atoms with Gasteiger partial charge >= 0.3 is 5.97 Å². The van der Waals surface area contributed by atoms with Gasteiger partial charge in [-0.15, -0.1) is 0 Å². The fourth-order valence-corrected chi connectivity index (χ4v) is 5.22. The number of nitrogens with zero attached hydrogens (tertiary/aromatic N) is 2. The average Bonchev–Trinajstić information content (AvgIpc) is 3.09. The van der Waals surface area contributed by atoms with Crippen LogP contribution in [0.1, 0.15) is 36.3 Å². The zero-order valence-corrected chi connectivity index (χ0v) is 18.5. The summed E-state index contributed by atoms with van der Waals surface area (Å²) in [7, 11) is -2.39. The van der Waals surface area contributed by atoms with E-state index in [1.54, 1.807) is 56.3 Å². The molecule has 0 N–H and O–H groups in total. The highest BCUT2D eigenvalue weighted by Gasteiger charge is 2.29. The van der Waals surface area contributed by atoms with Crippen molar-refractivity contribution in [2.45, 2.75) is 49.1 Å². The van der Waals surface area contributed by atoms with E-state index in [-0.39, 0.29) is 27.7 Å². The van der Waals surface area contributed by atoms with Crippen molar-refractivity contribution in [2.75, 3.05) is 7.11 Å². The van der Waals surface area contributed by atoms with E-state index in [1.807, 2.05) is 10.6 Å². The lowest BCUT2D eigenvalue weighted by atomic mass is 10.1. The summed E-state index contributed by atoms with van der Waals surface area (Å²) >= 11 is 0. The second-order valence-corrected chi connectivity index (χ2v) is 9.55. The summed E-state index contributed by atoms with van der Waals surface area (Å²) < 4.78 is 39.1. The van der Waals surface area contributed by atoms with Crippen LogP contribution < -0.4 is 4.74 Å². The Morgan fingerprint density at radius 2 is 1.87 bits per heavy atom. The molecule has 0 bridgehead atoms. The molecule has 1 aliphatic heterocycles. The van der Waals surface area contributed by atoms with E-state index in [2.05, 4.69) is 4.98 Å². The highest BCUT2D eigenvalue weighted by Crippen LogP contribution is 2.36. The van der Waals surface area contributed by atoms with E-state index >= 15 is 0 Å². The summed E-state index contributed by atoms with van der Waals surface area (Å²) in [6.45, 7) is 4.21. The second kappa shape index (κ2) is 8.19. The van der Waals surface area contributed by atoms with Gasteiger partial charge in [0.2, 0.25) is 15.7 Å².